The SMILES string of the molecule is CCOc1c(Cl)cc(C(=O)NCC(c2cccs2)N(C)C)cc1OC. The summed E-state index contributed by atoms with van der Waals surface area (Å²) >= 11 is 7.91. The van der Waals surface area contributed by atoms with Crippen molar-refractivity contribution < 1.29 is 14.3 Å². The third-order valence-electron chi connectivity index (χ3n) is 3.73. The van der Waals surface area contributed by atoms with Crippen LogP contribution in [0, 0.1) is 0 Å². The molecule has 7 heteroatoms. The van der Waals surface area contributed by atoms with Crippen molar-refractivity contribution in [1.29, 1.82) is 0 Å². The number of rotatable bonds is 8. The minimum absolute atomic E-state index is 0.115. The number of ether oxygens (including phenoxy) is 2. The third kappa shape index (κ3) is 4.87. The molecule has 136 valence electrons. The standard InChI is InChI=1S/C18H23ClN2O3S/c1-5-24-17-13(19)9-12(10-15(17)23-4)18(22)20-11-14(21(2)3)16-7-6-8-25-16/h6-10,14H,5,11H2,1-4H3,(H,20,22). The number of amides is 1. The van der Waals surface area contributed by atoms with Gasteiger partial charge in [0.15, 0.2) is 11.5 Å². The molecule has 5 nitrogen and oxygen atoms in total. The maximum Gasteiger partial charge on any atom is 0.251 e. The highest BCUT2D eigenvalue weighted by Gasteiger charge is 2.19. The van der Waals surface area contributed by atoms with Crippen molar-refractivity contribution in [3.05, 3.63) is 45.1 Å². The van der Waals surface area contributed by atoms with E-state index < -0.39 is 0 Å². The predicted octanol–water partition coefficient (Wildman–Crippen LogP) is 3.84. The van der Waals surface area contributed by atoms with E-state index in [1.54, 1.807) is 23.5 Å². The lowest BCUT2D eigenvalue weighted by molar-refractivity contribution is 0.0942. The molecule has 0 aliphatic rings. The van der Waals surface area contributed by atoms with Gasteiger partial charge in [-0.1, -0.05) is 17.7 Å². The van der Waals surface area contributed by atoms with Crippen LogP contribution in [0.4, 0.5) is 0 Å². The number of hydrogen-bond donors (Lipinski definition) is 1. The molecular formula is C18H23ClN2O3S. The van der Waals surface area contributed by atoms with Crippen LogP contribution in [0.15, 0.2) is 29.6 Å². The second-order valence-electron chi connectivity index (χ2n) is 5.63. The zero-order valence-electron chi connectivity index (χ0n) is 14.8. The van der Waals surface area contributed by atoms with E-state index in [1.165, 1.54) is 12.0 Å². The summed E-state index contributed by atoms with van der Waals surface area (Å²) in [7, 11) is 5.51. The van der Waals surface area contributed by atoms with Crippen LogP contribution in [-0.2, 0) is 0 Å². The van der Waals surface area contributed by atoms with Crippen molar-refractivity contribution >= 4 is 28.8 Å². The molecule has 2 rings (SSSR count). The number of carbonyl (C=O) groups excluding carboxylic acids is 1. The molecule has 1 aromatic heterocycles. The summed E-state index contributed by atoms with van der Waals surface area (Å²) in [6, 6.07) is 7.43. The summed E-state index contributed by atoms with van der Waals surface area (Å²) in [6.45, 7) is 2.83. The van der Waals surface area contributed by atoms with Gasteiger partial charge in [0.2, 0.25) is 0 Å². The lowest BCUT2D eigenvalue weighted by Crippen LogP contribution is -2.34. The number of nitrogens with one attached hydrogen (secondary N) is 1. The van der Waals surface area contributed by atoms with Gasteiger partial charge in [-0.05, 0) is 44.6 Å². The molecule has 0 saturated heterocycles. The van der Waals surface area contributed by atoms with Gasteiger partial charge < -0.3 is 19.7 Å². The minimum atomic E-state index is -0.202. The van der Waals surface area contributed by atoms with E-state index in [2.05, 4.69) is 16.3 Å². The molecule has 1 amide bonds. The maximum atomic E-state index is 12.5. The Morgan fingerprint density at radius 1 is 1.40 bits per heavy atom. The lowest BCUT2D eigenvalue weighted by atomic mass is 10.1. The second kappa shape index (κ2) is 9.08. The summed E-state index contributed by atoms with van der Waals surface area (Å²) in [5.74, 6) is 0.696. The van der Waals surface area contributed by atoms with E-state index in [4.69, 9.17) is 21.1 Å². The molecule has 0 aliphatic carbocycles. The molecule has 0 fully saturated rings. The molecule has 1 heterocycles. The van der Waals surface area contributed by atoms with Crippen LogP contribution >= 0.6 is 22.9 Å². The van der Waals surface area contributed by atoms with Crippen molar-refractivity contribution in [2.75, 3.05) is 34.4 Å². The van der Waals surface area contributed by atoms with E-state index in [9.17, 15) is 4.79 Å². The number of methoxy groups -OCH3 is 1. The highest BCUT2D eigenvalue weighted by Crippen LogP contribution is 2.36. The van der Waals surface area contributed by atoms with Crippen LogP contribution < -0.4 is 14.8 Å². The third-order valence-corrected chi connectivity index (χ3v) is 4.99. The van der Waals surface area contributed by atoms with E-state index in [1.807, 2.05) is 32.5 Å². The van der Waals surface area contributed by atoms with Crippen LogP contribution in [0.2, 0.25) is 5.02 Å². The fraction of sp³-hybridized carbons (Fsp3) is 0.389. The number of likely N-dealkylation sites (N-methyl/N-ethyl adjacent to an activating group) is 1. The van der Waals surface area contributed by atoms with Gasteiger partial charge in [-0.3, -0.25) is 4.79 Å². The highest BCUT2D eigenvalue weighted by atomic mass is 35.5. The Bertz CT molecular complexity index is 705. The Morgan fingerprint density at radius 2 is 2.16 bits per heavy atom. The number of carbonyl (C=O) groups is 1. The van der Waals surface area contributed by atoms with Gasteiger partial charge in [-0.25, -0.2) is 0 Å². The van der Waals surface area contributed by atoms with Gasteiger partial charge in [0.1, 0.15) is 0 Å². The molecule has 1 N–H and O–H groups in total. The van der Waals surface area contributed by atoms with Crippen molar-refractivity contribution in [2.24, 2.45) is 0 Å². The predicted molar refractivity (Wildman–Crippen MR) is 102 cm³/mol. The monoisotopic (exact) mass is 382 g/mol. The van der Waals surface area contributed by atoms with Crippen molar-refractivity contribution in [3.63, 3.8) is 0 Å². The first-order chi connectivity index (χ1) is 12.0. The Morgan fingerprint density at radius 3 is 2.72 bits per heavy atom. The van der Waals surface area contributed by atoms with Gasteiger partial charge in [0, 0.05) is 17.0 Å². The van der Waals surface area contributed by atoms with E-state index in [0.717, 1.165) is 0 Å². The quantitative estimate of drug-likeness (QED) is 0.753. The fourth-order valence-corrected chi connectivity index (χ4v) is 3.63. The highest BCUT2D eigenvalue weighted by molar-refractivity contribution is 7.10. The number of benzene rings is 1. The molecule has 0 bridgehead atoms. The van der Waals surface area contributed by atoms with Crippen molar-refractivity contribution in [3.8, 4) is 11.5 Å². The zero-order chi connectivity index (χ0) is 18.4. The Hall–Kier alpha value is -1.76. The molecular weight excluding hydrogens is 360 g/mol. The summed E-state index contributed by atoms with van der Waals surface area (Å²) < 4.78 is 10.8. The van der Waals surface area contributed by atoms with Crippen LogP contribution in [-0.4, -0.2) is 45.2 Å². The average Bonchev–Trinajstić information content (AvgIpc) is 3.10. The van der Waals surface area contributed by atoms with E-state index >= 15 is 0 Å². The fourth-order valence-electron chi connectivity index (χ4n) is 2.45. The molecule has 2 aromatic rings. The Labute approximate surface area is 157 Å². The molecule has 1 aromatic carbocycles. The number of thiophene rings is 1. The molecule has 0 aliphatic heterocycles. The van der Waals surface area contributed by atoms with Crippen molar-refractivity contribution in [1.82, 2.24) is 10.2 Å². The smallest absolute Gasteiger partial charge is 0.251 e. The zero-order valence-corrected chi connectivity index (χ0v) is 16.4. The van der Waals surface area contributed by atoms with Gasteiger partial charge in [-0.2, -0.15) is 0 Å². The van der Waals surface area contributed by atoms with E-state index in [0.29, 0.717) is 35.2 Å². The summed E-state index contributed by atoms with van der Waals surface area (Å²) in [5.41, 5.74) is 0.439. The van der Waals surface area contributed by atoms with Crippen LogP contribution in [0.5, 0.6) is 11.5 Å². The molecule has 0 spiro atoms. The summed E-state index contributed by atoms with van der Waals surface area (Å²) in [6.07, 6.45) is 0. The van der Waals surface area contributed by atoms with Gasteiger partial charge in [0.25, 0.3) is 5.91 Å². The first-order valence-electron chi connectivity index (χ1n) is 7.96. The molecule has 0 saturated carbocycles. The minimum Gasteiger partial charge on any atom is -0.493 e. The second-order valence-corrected chi connectivity index (χ2v) is 7.01. The summed E-state index contributed by atoms with van der Waals surface area (Å²) in [5, 5.41) is 5.36. The van der Waals surface area contributed by atoms with Crippen molar-refractivity contribution in [2.45, 2.75) is 13.0 Å². The first kappa shape index (κ1) is 19.6. The largest absolute Gasteiger partial charge is 0.493 e. The Kier molecular flexibility index (Phi) is 7.11. The van der Waals surface area contributed by atoms with Crippen LogP contribution in [0.25, 0.3) is 0 Å². The number of nitrogens with zero attached hydrogens (tertiary/aromatic N) is 1. The van der Waals surface area contributed by atoms with E-state index in [-0.39, 0.29) is 11.9 Å². The normalized spacial score (nSPS) is 12.1. The van der Waals surface area contributed by atoms with Crippen LogP contribution in [0.1, 0.15) is 28.2 Å². The number of hydrogen-bond acceptors (Lipinski definition) is 5. The van der Waals surface area contributed by atoms with Gasteiger partial charge in [0.05, 0.1) is 24.8 Å². The lowest BCUT2D eigenvalue weighted by Gasteiger charge is -2.23. The summed E-state index contributed by atoms with van der Waals surface area (Å²) in [4.78, 5) is 15.8. The van der Waals surface area contributed by atoms with Gasteiger partial charge >= 0.3 is 0 Å². The Balaban J connectivity index is 2.13. The average molecular weight is 383 g/mol. The van der Waals surface area contributed by atoms with Gasteiger partial charge in [-0.15, -0.1) is 11.3 Å². The molecule has 1 atom stereocenters. The maximum absolute atomic E-state index is 12.5. The molecule has 0 radical (unpaired) electrons. The number of halogens is 1. The first-order valence-corrected chi connectivity index (χ1v) is 9.22. The molecule has 1 unspecified atom stereocenters. The molecule has 25 heavy (non-hydrogen) atoms. The van der Waals surface area contributed by atoms with Crippen LogP contribution in [0.3, 0.4) is 0 Å². The topological polar surface area (TPSA) is 50.8 Å².